The average Bonchev–Trinajstić information content (AvgIpc) is 3.29. The molecule has 116 valence electrons. The molecule has 2 atom stereocenters. The fourth-order valence-corrected chi connectivity index (χ4v) is 3.24. The van der Waals surface area contributed by atoms with Gasteiger partial charge in [0.05, 0.1) is 6.54 Å². The number of likely N-dealkylation sites (N-methyl/N-ethyl adjacent to an activating group) is 1. The second kappa shape index (κ2) is 7.41. The lowest BCUT2D eigenvalue weighted by Gasteiger charge is -2.39. The number of carbonyl (C=O) groups is 1. The van der Waals surface area contributed by atoms with E-state index in [4.69, 9.17) is 0 Å². The summed E-state index contributed by atoms with van der Waals surface area (Å²) >= 11 is 0. The number of rotatable bonds is 7. The highest BCUT2D eigenvalue weighted by atomic mass is 16.2. The van der Waals surface area contributed by atoms with Gasteiger partial charge in [-0.1, -0.05) is 13.3 Å². The summed E-state index contributed by atoms with van der Waals surface area (Å²) in [6.07, 6.45) is 7.31. The van der Waals surface area contributed by atoms with Gasteiger partial charge in [0.15, 0.2) is 0 Å². The van der Waals surface area contributed by atoms with Gasteiger partial charge in [-0.05, 0) is 52.1 Å². The molecule has 2 rings (SSSR count). The number of hydrogen-bond acceptors (Lipinski definition) is 3. The molecule has 0 radical (unpaired) electrons. The first-order chi connectivity index (χ1) is 9.63. The zero-order chi connectivity index (χ0) is 14.5. The highest BCUT2D eigenvalue weighted by Gasteiger charge is 2.33. The molecule has 1 heterocycles. The number of likely N-dealkylation sites (tertiary alicyclic amines) is 1. The lowest BCUT2D eigenvalue weighted by Crippen LogP contribution is -2.54. The summed E-state index contributed by atoms with van der Waals surface area (Å²) in [5.41, 5.74) is 0. The molecule has 2 unspecified atom stereocenters. The molecule has 1 aliphatic carbocycles. The minimum Gasteiger partial charge on any atom is -0.342 e. The molecule has 1 amide bonds. The zero-order valence-electron chi connectivity index (χ0n) is 13.4. The zero-order valence-corrected chi connectivity index (χ0v) is 13.4. The lowest BCUT2D eigenvalue weighted by atomic mass is 9.96. The topological polar surface area (TPSA) is 35.6 Å². The van der Waals surface area contributed by atoms with Gasteiger partial charge in [0, 0.05) is 25.2 Å². The Morgan fingerprint density at radius 1 is 1.35 bits per heavy atom. The van der Waals surface area contributed by atoms with Gasteiger partial charge in [0.2, 0.25) is 5.91 Å². The van der Waals surface area contributed by atoms with Crippen LogP contribution in [-0.2, 0) is 4.79 Å². The first-order valence-corrected chi connectivity index (χ1v) is 8.36. The molecule has 0 aromatic rings. The fourth-order valence-electron chi connectivity index (χ4n) is 3.24. The van der Waals surface area contributed by atoms with E-state index in [0.29, 0.717) is 30.6 Å². The predicted molar refractivity (Wildman–Crippen MR) is 82.8 cm³/mol. The van der Waals surface area contributed by atoms with Crippen LogP contribution in [0, 0.1) is 0 Å². The second-order valence-corrected chi connectivity index (χ2v) is 6.51. The second-order valence-electron chi connectivity index (χ2n) is 6.51. The molecule has 4 heteroatoms. The molecule has 20 heavy (non-hydrogen) atoms. The van der Waals surface area contributed by atoms with Gasteiger partial charge >= 0.3 is 0 Å². The minimum atomic E-state index is 0.307. The molecule has 4 nitrogen and oxygen atoms in total. The van der Waals surface area contributed by atoms with Crippen LogP contribution in [0.15, 0.2) is 0 Å². The smallest absolute Gasteiger partial charge is 0.236 e. The van der Waals surface area contributed by atoms with Crippen molar-refractivity contribution in [2.24, 2.45) is 0 Å². The minimum absolute atomic E-state index is 0.307. The van der Waals surface area contributed by atoms with Crippen LogP contribution >= 0.6 is 0 Å². The van der Waals surface area contributed by atoms with Crippen LogP contribution in [0.3, 0.4) is 0 Å². The molecule has 2 fully saturated rings. The van der Waals surface area contributed by atoms with Crippen molar-refractivity contribution in [2.75, 3.05) is 26.7 Å². The first-order valence-electron chi connectivity index (χ1n) is 8.36. The van der Waals surface area contributed by atoms with Crippen molar-refractivity contribution >= 4 is 5.91 Å². The van der Waals surface area contributed by atoms with Crippen LogP contribution in [0.2, 0.25) is 0 Å². The fraction of sp³-hybridized carbons (Fsp3) is 0.938. The van der Waals surface area contributed by atoms with Crippen molar-refractivity contribution in [1.29, 1.82) is 0 Å². The van der Waals surface area contributed by atoms with Gasteiger partial charge < -0.3 is 10.2 Å². The van der Waals surface area contributed by atoms with E-state index in [1.807, 2.05) is 11.9 Å². The summed E-state index contributed by atoms with van der Waals surface area (Å²) in [7, 11) is 1.97. The van der Waals surface area contributed by atoms with Crippen molar-refractivity contribution in [1.82, 2.24) is 15.1 Å². The molecule has 1 saturated heterocycles. The van der Waals surface area contributed by atoms with Gasteiger partial charge in [-0.15, -0.1) is 0 Å². The number of carbonyl (C=O) groups excluding carboxylic acids is 1. The largest absolute Gasteiger partial charge is 0.342 e. The Balaban J connectivity index is 1.87. The predicted octanol–water partition coefficient (Wildman–Crippen LogP) is 1.85. The Kier molecular flexibility index (Phi) is 5.85. The Hall–Kier alpha value is -0.610. The summed E-state index contributed by atoms with van der Waals surface area (Å²) < 4.78 is 0. The molecular weight excluding hydrogens is 250 g/mol. The number of nitrogens with one attached hydrogen (secondary N) is 1. The van der Waals surface area contributed by atoms with E-state index in [0.717, 1.165) is 13.1 Å². The monoisotopic (exact) mass is 281 g/mol. The number of hydrogen-bond donors (Lipinski definition) is 1. The number of amides is 1. The van der Waals surface area contributed by atoms with Gasteiger partial charge in [0.25, 0.3) is 0 Å². The Morgan fingerprint density at radius 2 is 2.10 bits per heavy atom. The van der Waals surface area contributed by atoms with Crippen molar-refractivity contribution in [3.8, 4) is 0 Å². The third-order valence-corrected chi connectivity index (χ3v) is 4.78. The molecule has 0 aromatic carbocycles. The third kappa shape index (κ3) is 4.19. The summed E-state index contributed by atoms with van der Waals surface area (Å²) in [4.78, 5) is 16.7. The molecule has 1 N–H and O–H groups in total. The summed E-state index contributed by atoms with van der Waals surface area (Å²) in [5, 5.41) is 3.60. The van der Waals surface area contributed by atoms with E-state index in [-0.39, 0.29) is 0 Å². The van der Waals surface area contributed by atoms with Gasteiger partial charge in [-0.25, -0.2) is 0 Å². The highest BCUT2D eigenvalue weighted by Crippen LogP contribution is 2.26. The van der Waals surface area contributed by atoms with Crippen LogP contribution in [0.25, 0.3) is 0 Å². The molecule has 1 saturated carbocycles. The van der Waals surface area contributed by atoms with Crippen LogP contribution in [-0.4, -0.2) is 60.5 Å². The molecular formula is C16H31N3O. The number of nitrogens with zero attached hydrogens (tertiary/aromatic N) is 2. The average molecular weight is 281 g/mol. The maximum Gasteiger partial charge on any atom is 0.236 e. The molecule has 0 bridgehead atoms. The van der Waals surface area contributed by atoms with Crippen molar-refractivity contribution in [2.45, 2.75) is 70.5 Å². The quantitative estimate of drug-likeness (QED) is 0.773. The van der Waals surface area contributed by atoms with E-state index < -0.39 is 0 Å². The van der Waals surface area contributed by atoms with Gasteiger partial charge in [0.1, 0.15) is 0 Å². The van der Waals surface area contributed by atoms with Gasteiger partial charge in [-0.2, -0.15) is 0 Å². The summed E-state index contributed by atoms with van der Waals surface area (Å²) in [5.74, 6) is 0.307. The third-order valence-electron chi connectivity index (χ3n) is 4.78. The van der Waals surface area contributed by atoms with Crippen LogP contribution in [0.5, 0.6) is 0 Å². The normalized spacial score (nSPS) is 25.4. The van der Waals surface area contributed by atoms with Crippen LogP contribution < -0.4 is 5.32 Å². The standard InChI is InChI=1S/C16H31N3O/c1-4-10-17-13(2)15-7-5-6-11-19(15)12-16(20)18(3)14-8-9-14/h13-15,17H,4-12H2,1-3H3. The SMILES string of the molecule is CCCNC(C)C1CCCCN1CC(=O)N(C)C1CC1. The Bertz CT molecular complexity index is 317. The van der Waals surface area contributed by atoms with Crippen molar-refractivity contribution < 1.29 is 4.79 Å². The molecule has 1 aliphatic heterocycles. The maximum absolute atomic E-state index is 12.3. The maximum atomic E-state index is 12.3. The van der Waals surface area contributed by atoms with Crippen molar-refractivity contribution in [3.63, 3.8) is 0 Å². The highest BCUT2D eigenvalue weighted by molar-refractivity contribution is 5.78. The van der Waals surface area contributed by atoms with E-state index >= 15 is 0 Å². The Morgan fingerprint density at radius 3 is 2.75 bits per heavy atom. The molecule has 2 aliphatic rings. The lowest BCUT2D eigenvalue weighted by molar-refractivity contribution is -0.132. The van der Waals surface area contributed by atoms with Crippen LogP contribution in [0.1, 0.15) is 52.4 Å². The van der Waals surface area contributed by atoms with E-state index in [1.54, 1.807) is 0 Å². The van der Waals surface area contributed by atoms with Crippen LogP contribution in [0.4, 0.5) is 0 Å². The summed E-state index contributed by atoms with van der Waals surface area (Å²) in [6, 6.07) is 1.53. The van der Waals surface area contributed by atoms with E-state index in [2.05, 4.69) is 24.1 Å². The van der Waals surface area contributed by atoms with E-state index in [1.165, 1.54) is 38.5 Å². The first kappa shape index (κ1) is 15.8. The summed E-state index contributed by atoms with van der Waals surface area (Å²) in [6.45, 7) is 7.23. The molecule has 0 aromatic heterocycles. The number of piperidine rings is 1. The molecule has 0 spiro atoms. The van der Waals surface area contributed by atoms with Gasteiger partial charge in [-0.3, -0.25) is 9.69 Å². The van der Waals surface area contributed by atoms with Crippen molar-refractivity contribution in [3.05, 3.63) is 0 Å². The Labute approximate surface area is 123 Å². The van der Waals surface area contributed by atoms with E-state index in [9.17, 15) is 4.79 Å².